The molecule has 21 heavy (non-hydrogen) atoms. The highest BCUT2D eigenvalue weighted by Crippen LogP contribution is 2.20. The fourth-order valence-corrected chi connectivity index (χ4v) is 2.60. The van der Waals surface area contributed by atoms with Gasteiger partial charge in [0.1, 0.15) is 6.33 Å². The standard InChI is InChI=1S/C16H14N4S/c1-3-7-14(8-4-1)11-18-20-13-17-19-16(20)21-12-15-9-5-2-6-10-15/h1-11,13H,12H2/b18-11-. The van der Waals surface area contributed by atoms with Crippen molar-refractivity contribution in [2.75, 3.05) is 0 Å². The largest absolute Gasteiger partial charge is 0.212 e. The molecule has 0 N–H and O–H groups in total. The lowest BCUT2D eigenvalue weighted by atomic mass is 10.2. The average molecular weight is 294 g/mol. The van der Waals surface area contributed by atoms with E-state index in [2.05, 4.69) is 27.4 Å². The van der Waals surface area contributed by atoms with Crippen LogP contribution in [0.1, 0.15) is 11.1 Å². The first-order valence-electron chi connectivity index (χ1n) is 6.58. The lowest BCUT2D eigenvalue weighted by molar-refractivity contribution is 0.767. The number of rotatable bonds is 5. The predicted octanol–water partition coefficient (Wildman–Crippen LogP) is 3.45. The van der Waals surface area contributed by atoms with Gasteiger partial charge in [-0.3, -0.25) is 0 Å². The van der Waals surface area contributed by atoms with E-state index in [4.69, 9.17) is 0 Å². The van der Waals surface area contributed by atoms with E-state index in [1.54, 1.807) is 29.0 Å². The van der Waals surface area contributed by atoms with Crippen molar-refractivity contribution in [3.8, 4) is 0 Å². The molecule has 0 radical (unpaired) electrons. The number of aromatic nitrogens is 3. The number of hydrogen-bond acceptors (Lipinski definition) is 4. The monoisotopic (exact) mass is 294 g/mol. The summed E-state index contributed by atoms with van der Waals surface area (Å²) in [5.74, 6) is 0.848. The van der Waals surface area contributed by atoms with Gasteiger partial charge in [-0.1, -0.05) is 72.4 Å². The molecule has 0 fully saturated rings. The van der Waals surface area contributed by atoms with Crippen LogP contribution in [0.3, 0.4) is 0 Å². The van der Waals surface area contributed by atoms with Gasteiger partial charge in [-0.15, -0.1) is 10.2 Å². The highest BCUT2D eigenvalue weighted by Gasteiger charge is 2.04. The maximum atomic E-state index is 4.39. The van der Waals surface area contributed by atoms with Crippen molar-refractivity contribution in [3.63, 3.8) is 0 Å². The minimum atomic E-state index is 0.783. The van der Waals surface area contributed by atoms with E-state index in [1.165, 1.54) is 5.56 Å². The molecule has 0 bridgehead atoms. The Hall–Kier alpha value is -2.40. The van der Waals surface area contributed by atoms with Crippen LogP contribution in [-0.4, -0.2) is 21.1 Å². The molecule has 0 saturated carbocycles. The smallest absolute Gasteiger partial charge is 0.195 e. The van der Waals surface area contributed by atoms with Gasteiger partial charge >= 0.3 is 0 Å². The van der Waals surface area contributed by atoms with E-state index in [0.717, 1.165) is 16.5 Å². The van der Waals surface area contributed by atoms with E-state index < -0.39 is 0 Å². The molecular formula is C16H14N4S. The second-order valence-electron chi connectivity index (χ2n) is 4.39. The normalized spacial score (nSPS) is 11.0. The molecule has 3 rings (SSSR count). The molecule has 0 amide bonds. The van der Waals surface area contributed by atoms with E-state index in [1.807, 2.05) is 48.5 Å². The van der Waals surface area contributed by atoms with Gasteiger partial charge in [-0.05, 0) is 11.1 Å². The molecule has 0 unspecified atom stereocenters. The van der Waals surface area contributed by atoms with Gasteiger partial charge in [0.25, 0.3) is 0 Å². The van der Waals surface area contributed by atoms with Crippen LogP contribution in [0.25, 0.3) is 0 Å². The van der Waals surface area contributed by atoms with Crippen LogP contribution in [0.2, 0.25) is 0 Å². The minimum Gasteiger partial charge on any atom is -0.195 e. The topological polar surface area (TPSA) is 43.1 Å². The summed E-state index contributed by atoms with van der Waals surface area (Å²) in [6.07, 6.45) is 3.42. The van der Waals surface area contributed by atoms with Crippen molar-refractivity contribution in [1.29, 1.82) is 0 Å². The molecule has 0 aliphatic rings. The molecule has 4 nitrogen and oxygen atoms in total. The number of hydrogen-bond donors (Lipinski definition) is 0. The fraction of sp³-hybridized carbons (Fsp3) is 0.0625. The van der Waals surface area contributed by atoms with E-state index in [0.29, 0.717) is 0 Å². The molecule has 5 heteroatoms. The maximum absolute atomic E-state index is 4.39. The Bertz CT molecular complexity index is 707. The third kappa shape index (κ3) is 3.79. The van der Waals surface area contributed by atoms with Gasteiger partial charge in [0.15, 0.2) is 0 Å². The highest BCUT2D eigenvalue weighted by atomic mass is 32.2. The van der Waals surface area contributed by atoms with Crippen molar-refractivity contribution in [2.45, 2.75) is 10.9 Å². The van der Waals surface area contributed by atoms with Crippen LogP contribution >= 0.6 is 11.8 Å². The second-order valence-corrected chi connectivity index (χ2v) is 5.33. The highest BCUT2D eigenvalue weighted by molar-refractivity contribution is 7.98. The quantitative estimate of drug-likeness (QED) is 0.534. The van der Waals surface area contributed by atoms with Gasteiger partial charge in [-0.2, -0.15) is 9.78 Å². The van der Waals surface area contributed by atoms with Gasteiger partial charge < -0.3 is 0 Å². The number of nitrogens with zero attached hydrogens (tertiary/aromatic N) is 4. The molecule has 2 aromatic carbocycles. The molecule has 1 aromatic heterocycles. The van der Waals surface area contributed by atoms with Crippen molar-refractivity contribution in [3.05, 3.63) is 78.1 Å². The lowest BCUT2D eigenvalue weighted by Gasteiger charge is -2.01. The van der Waals surface area contributed by atoms with Crippen LogP contribution < -0.4 is 0 Å². The molecule has 0 aliphatic carbocycles. The zero-order valence-electron chi connectivity index (χ0n) is 11.3. The SMILES string of the molecule is C(=N/n1cnnc1SCc1ccccc1)/c1ccccc1. The van der Waals surface area contributed by atoms with Crippen LogP contribution in [0.15, 0.2) is 77.2 Å². The molecule has 3 aromatic rings. The Morgan fingerprint density at radius 1 is 1.00 bits per heavy atom. The summed E-state index contributed by atoms with van der Waals surface area (Å²) < 4.78 is 1.70. The molecule has 0 saturated heterocycles. The Kier molecular flexibility index (Phi) is 4.43. The van der Waals surface area contributed by atoms with Crippen molar-refractivity contribution < 1.29 is 0 Å². The summed E-state index contributed by atoms with van der Waals surface area (Å²) in [5, 5.41) is 13.2. The third-order valence-electron chi connectivity index (χ3n) is 2.84. The van der Waals surface area contributed by atoms with Crippen LogP contribution in [0.5, 0.6) is 0 Å². The summed E-state index contributed by atoms with van der Waals surface area (Å²) in [6, 6.07) is 20.2. The van der Waals surface area contributed by atoms with Gasteiger partial charge in [-0.25, -0.2) is 0 Å². The summed E-state index contributed by atoms with van der Waals surface area (Å²) in [7, 11) is 0. The summed E-state index contributed by atoms with van der Waals surface area (Å²) in [5.41, 5.74) is 2.30. The molecule has 104 valence electrons. The van der Waals surface area contributed by atoms with Crippen LogP contribution in [-0.2, 0) is 5.75 Å². The summed E-state index contributed by atoms with van der Waals surface area (Å²) in [6.45, 7) is 0. The van der Waals surface area contributed by atoms with Crippen molar-refractivity contribution >= 4 is 18.0 Å². The molecule has 0 atom stereocenters. The van der Waals surface area contributed by atoms with Crippen molar-refractivity contribution in [1.82, 2.24) is 14.9 Å². The molecule has 0 spiro atoms. The van der Waals surface area contributed by atoms with Gasteiger partial charge in [0, 0.05) is 5.75 Å². The average Bonchev–Trinajstić information content (AvgIpc) is 3.00. The van der Waals surface area contributed by atoms with Gasteiger partial charge in [0.05, 0.1) is 6.21 Å². The van der Waals surface area contributed by atoms with Crippen molar-refractivity contribution in [2.24, 2.45) is 5.10 Å². The number of benzene rings is 2. The zero-order valence-corrected chi connectivity index (χ0v) is 12.1. The first-order valence-corrected chi connectivity index (χ1v) is 7.56. The minimum absolute atomic E-state index is 0.783. The van der Waals surface area contributed by atoms with Crippen LogP contribution in [0, 0.1) is 0 Å². The van der Waals surface area contributed by atoms with Crippen LogP contribution in [0.4, 0.5) is 0 Å². The lowest BCUT2D eigenvalue weighted by Crippen LogP contribution is -1.92. The van der Waals surface area contributed by atoms with E-state index in [9.17, 15) is 0 Å². The summed E-state index contributed by atoms with van der Waals surface area (Å²) in [4.78, 5) is 0. The predicted molar refractivity (Wildman–Crippen MR) is 85.5 cm³/mol. The third-order valence-corrected chi connectivity index (χ3v) is 3.85. The van der Waals surface area contributed by atoms with E-state index >= 15 is 0 Å². The molecule has 0 aliphatic heterocycles. The first kappa shape index (κ1) is 13.6. The maximum Gasteiger partial charge on any atom is 0.212 e. The van der Waals surface area contributed by atoms with Gasteiger partial charge in [0.2, 0.25) is 5.16 Å². The first-order chi connectivity index (χ1) is 10.4. The molecule has 1 heterocycles. The molecular weight excluding hydrogens is 280 g/mol. The Balaban J connectivity index is 1.68. The summed E-state index contributed by atoms with van der Waals surface area (Å²) >= 11 is 1.62. The Morgan fingerprint density at radius 2 is 1.71 bits per heavy atom. The fourth-order valence-electron chi connectivity index (χ4n) is 1.78. The second kappa shape index (κ2) is 6.85. The zero-order chi connectivity index (χ0) is 14.3. The Labute approximate surface area is 127 Å². The van der Waals surface area contributed by atoms with E-state index in [-0.39, 0.29) is 0 Å². The number of thioether (sulfide) groups is 1. The Morgan fingerprint density at radius 3 is 2.48 bits per heavy atom.